The molecule has 6 heteroatoms. The van der Waals surface area contributed by atoms with Gasteiger partial charge < -0.3 is 15.0 Å². The summed E-state index contributed by atoms with van der Waals surface area (Å²) in [5.41, 5.74) is 2.85. The van der Waals surface area contributed by atoms with Crippen LogP contribution < -0.4 is 5.32 Å². The van der Waals surface area contributed by atoms with E-state index in [0.29, 0.717) is 43.6 Å². The lowest BCUT2D eigenvalue weighted by Crippen LogP contribution is -2.41. The molecule has 1 N–H and O–H groups in total. The van der Waals surface area contributed by atoms with Gasteiger partial charge in [-0.2, -0.15) is 0 Å². The Hall–Kier alpha value is -2.73. The van der Waals surface area contributed by atoms with Gasteiger partial charge in [-0.25, -0.2) is 9.97 Å². The Morgan fingerprint density at radius 1 is 1.10 bits per heavy atom. The van der Waals surface area contributed by atoms with E-state index >= 15 is 0 Å². The Bertz CT molecular complexity index is 860. The van der Waals surface area contributed by atoms with Crippen molar-refractivity contribution < 1.29 is 9.53 Å². The van der Waals surface area contributed by atoms with Crippen LogP contribution in [0.25, 0.3) is 11.4 Å². The number of morpholine rings is 1. The van der Waals surface area contributed by atoms with E-state index in [2.05, 4.69) is 21.4 Å². The summed E-state index contributed by atoms with van der Waals surface area (Å²) in [5.74, 6) is 1.21. The molecule has 2 aliphatic rings. The Balaban J connectivity index is 1.54. The van der Waals surface area contributed by atoms with Crippen LogP contribution in [0.1, 0.15) is 42.6 Å². The SMILES string of the molecule is O=C(c1cc(NCCC2=CCCCC2)nc(-c2ccccc2)n1)N1CCOCC1. The third-order valence-corrected chi connectivity index (χ3v) is 5.41. The minimum absolute atomic E-state index is 0.0640. The highest BCUT2D eigenvalue weighted by molar-refractivity contribution is 5.93. The van der Waals surface area contributed by atoms with Crippen LogP contribution in [0.4, 0.5) is 5.82 Å². The highest BCUT2D eigenvalue weighted by atomic mass is 16.5. The van der Waals surface area contributed by atoms with Crippen molar-refractivity contribution >= 4 is 11.7 Å². The first-order valence-corrected chi connectivity index (χ1v) is 10.5. The van der Waals surface area contributed by atoms with Gasteiger partial charge in [0, 0.05) is 31.3 Å². The number of ether oxygens (including phenoxy) is 1. The molecule has 6 nitrogen and oxygen atoms in total. The highest BCUT2D eigenvalue weighted by Crippen LogP contribution is 2.22. The normalized spacial score (nSPS) is 17.0. The van der Waals surface area contributed by atoms with Gasteiger partial charge in [0.2, 0.25) is 0 Å². The van der Waals surface area contributed by atoms with Gasteiger partial charge in [-0.3, -0.25) is 4.79 Å². The van der Waals surface area contributed by atoms with Crippen molar-refractivity contribution in [2.45, 2.75) is 32.1 Å². The smallest absolute Gasteiger partial charge is 0.272 e. The molecule has 1 aromatic carbocycles. The Kier molecular flexibility index (Phi) is 6.52. The molecule has 4 rings (SSSR count). The second-order valence-electron chi connectivity index (χ2n) is 7.52. The summed E-state index contributed by atoms with van der Waals surface area (Å²) < 4.78 is 5.37. The first kappa shape index (κ1) is 19.6. The van der Waals surface area contributed by atoms with Crippen molar-refractivity contribution in [3.63, 3.8) is 0 Å². The minimum Gasteiger partial charge on any atom is -0.378 e. The number of rotatable bonds is 6. The van der Waals surface area contributed by atoms with Crippen molar-refractivity contribution in [3.8, 4) is 11.4 Å². The number of nitrogens with one attached hydrogen (secondary N) is 1. The number of hydrogen-bond acceptors (Lipinski definition) is 5. The van der Waals surface area contributed by atoms with Crippen molar-refractivity contribution in [1.82, 2.24) is 14.9 Å². The molecule has 1 aliphatic carbocycles. The fourth-order valence-corrected chi connectivity index (χ4v) is 3.77. The molecular formula is C23H28N4O2. The van der Waals surface area contributed by atoms with Gasteiger partial charge in [0.25, 0.3) is 5.91 Å². The van der Waals surface area contributed by atoms with Crippen molar-refractivity contribution in [3.05, 3.63) is 53.7 Å². The Morgan fingerprint density at radius 2 is 1.93 bits per heavy atom. The second-order valence-corrected chi connectivity index (χ2v) is 7.52. The molecular weight excluding hydrogens is 364 g/mol. The van der Waals surface area contributed by atoms with Crippen LogP contribution in [0.2, 0.25) is 0 Å². The number of carbonyl (C=O) groups is 1. The first-order chi connectivity index (χ1) is 14.3. The van der Waals surface area contributed by atoms with Gasteiger partial charge in [0.1, 0.15) is 11.5 Å². The van der Waals surface area contributed by atoms with Crippen LogP contribution in [0, 0.1) is 0 Å². The molecule has 0 spiro atoms. The summed E-state index contributed by atoms with van der Waals surface area (Å²) in [5, 5.41) is 3.41. The van der Waals surface area contributed by atoms with Gasteiger partial charge in [0.05, 0.1) is 13.2 Å². The largest absolute Gasteiger partial charge is 0.378 e. The lowest BCUT2D eigenvalue weighted by molar-refractivity contribution is 0.0299. The average molecular weight is 393 g/mol. The zero-order chi connectivity index (χ0) is 19.9. The van der Waals surface area contributed by atoms with E-state index in [1.807, 2.05) is 30.3 Å². The lowest BCUT2D eigenvalue weighted by atomic mass is 9.97. The summed E-state index contributed by atoms with van der Waals surface area (Å²) in [6, 6.07) is 11.6. The quantitative estimate of drug-likeness (QED) is 0.755. The molecule has 1 amide bonds. The monoisotopic (exact) mass is 392 g/mol. The summed E-state index contributed by atoms with van der Waals surface area (Å²) in [4.78, 5) is 24.1. The van der Waals surface area contributed by atoms with Crippen LogP contribution in [0.15, 0.2) is 48.0 Å². The average Bonchev–Trinajstić information content (AvgIpc) is 2.80. The van der Waals surface area contributed by atoms with Gasteiger partial charge in [-0.15, -0.1) is 0 Å². The number of hydrogen-bond donors (Lipinski definition) is 1. The molecule has 0 bridgehead atoms. The predicted octanol–water partition coefficient (Wildman–Crippen LogP) is 3.92. The van der Waals surface area contributed by atoms with Crippen molar-refractivity contribution in [2.75, 3.05) is 38.2 Å². The predicted molar refractivity (Wildman–Crippen MR) is 114 cm³/mol. The maximum absolute atomic E-state index is 13.0. The summed E-state index contributed by atoms with van der Waals surface area (Å²) in [7, 11) is 0. The molecule has 1 fully saturated rings. The van der Waals surface area contributed by atoms with E-state index in [1.165, 1.54) is 31.3 Å². The van der Waals surface area contributed by atoms with E-state index in [0.717, 1.165) is 18.5 Å². The first-order valence-electron chi connectivity index (χ1n) is 10.5. The molecule has 0 radical (unpaired) electrons. The van der Waals surface area contributed by atoms with Crippen LogP contribution in [-0.4, -0.2) is 53.6 Å². The standard InChI is InChI=1S/C23H28N4O2/c28-23(27-13-15-29-16-14-27)20-17-21(24-12-11-18-7-3-1-4-8-18)26-22(25-20)19-9-5-2-6-10-19/h2,5-7,9-10,17H,1,3-4,8,11-16H2,(H,24,25,26). The van der Waals surface area contributed by atoms with E-state index in [9.17, 15) is 4.79 Å². The number of carbonyl (C=O) groups excluding carboxylic acids is 1. The Labute approximate surface area is 172 Å². The number of aromatic nitrogens is 2. The topological polar surface area (TPSA) is 67.4 Å². The van der Waals surface area contributed by atoms with Crippen molar-refractivity contribution in [1.29, 1.82) is 0 Å². The molecule has 2 heterocycles. The maximum Gasteiger partial charge on any atom is 0.272 e. The van der Waals surface area contributed by atoms with Gasteiger partial charge in [-0.05, 0) is 32.1 Å². The third-order valence-electron chi connectivity index (χ3n) is 5.41. The highest BCUT2D eigenvalue weighted by Gasteiger charge is 2.21. The van der Waals surface area contributed by atoms with Gasteiger partial charge >= 0.3 is 0 Å². The van der Waals surface area contributed by atoms with Crippen LogP contribution in [0.3, 0.4) is 0 Å². The molecule has 1 aliphatic heterocycles. The molecule has 1 aromatic heterocycles. The second kappa shape index (κ2) is 9.65. The zero-order valence-corrected chi connectivity index (χ0v) is 16.8. The molecule has 29 heavy (non-hydrogen) atoms. The summed E-state index contributed by atoms with van der Waals surface area (Å²) in [6.45, 7) is 3.15. The number of benzene rings is 1. The summed E-state index contributed by atoms with van der Waals surface area (Å²) in [6.07, 6.45) is 8.36. The molecule has 1 saturated heterocycles. The molecule has 0 saturated carbocycles. The number of nitrogens with zero attached hydrogens (tertiary/aromatic N) is 3. The van der Waals surface area contributed by atoms with E-state index < -0.39 is 0 Å². The lowest BCUT2D eigenvalue weighted by Gasteiger charge is -2.26. The minimum atomic E-state index is -0.0640. The molecule has 152 valence electrons. The number of allylic oxidation sites excluding steroid dienone is 1. The number of anilines is 1. The molecule has 0 unspecified atom stereocenters. The van der Waals surface area contributed by atoms with Gasteiger partial charge in [0.15, 0.2) is 5.82 Å². The van der Waals surface area contributed by atoms with Crippen molar-refractivity contribution in [2.24, 2.45) is 0 Å². The van der Waals surface area contributed by atoms with E-state index in [-0.39, 0.29) is 5.91 Å². The van der Waals surface area contributed by atoms with Gasteiger partial charge in [-0.1, -0.05) is 42.0 Å². The summed E-state index contributed by atoms with van der Waals surface area (Å²) >= 11 is 0. The number of amides is 1. The molecule has 2 aromatic rings. The van der Waals surface area contributed by atoms with Crippen LogP contribution in [-0.2, 0) is 4.74 Å². The molecule has 0 atom stereocenters. The Morgan fingerprint density at radius 3 is 2.69 bits per heavy atom. The van der Waals surface area contributed by atoms with E-state index in [1.54, 1.807) is 11.0 Å². The van der Waals surface area contributed by atoms with Crippen LogP contribution in [0.5, 0.6) is 0 Å². The third kappa shape index (κ3) is 5.21. The zero-order valence-electron chi connectivity index (χ0n) is 16.8. The van der Waals surface area contributed by atoms with E-state index in [4.69, 9.17) is 4.74 Å². The maximum atomic E-state index is 13.0. The fraction of sp³-hybridized carbons (Fsp3) is 0.435. The van der Waals surface area contributed by atoms with Crippen LogP contribution >= 0.6 is 0 Å². The fourth-order valence-electron chi connectivity index (χ4n) is 3.77.